The summed E-state index contributed by atoms with van der Waals surface area (Å²) in [6.45, 7) is 5.68. The fourth-order valence-electron chi connectivity index (χ4n) is 3.45. The van der Waals surface area contributed by atoms with Gasteiger partial charge in [-0.05, 0) is 56.2 Å². The molecule has 2 aromatic heterocycles. The molecule has 0 aliphatic carbocycles. The van der Waals surface area contributed by atoms with Crippen LogP contribution in [0.5, 0.6) is 11.5 Å². The SMILES string of the molecule is CC(=O)Oc1ccc(OCCCc2oc(-n3ccnc3C)nc2-c2ccc(Cl)cc2)c(C)c1. The molecule has 4 rings (SSSR count). The number of hydrogen-bond donors (Lipinski definition) is 0. The van der Waals surface area contributed by atoms with Crippen LogP contribution in [0.4, 0.5) is 0 Å². The van der Waals surface area contributed by atoms with Crippen LogP contribution in [-0.4, -0.2) is 27.1 Å². The predicted octanol–water partition coefficient (Wildman–Crippen LogP) is 5.73. The molecule has 0 N–H and O–H groups in total. The van der Waals surface area contributed by atoms with Crippen molar-refractivity contribution in [1.82, 2.24) is 14.5 Å². The van der Waals surface area contributed by atoms with Crippen LogP contribution in [0.2, 0.25) is 5.02 Å². The van der Waals surface area contributed by atoms with Crippen molar-refractivity contribution in [3.63, 3.8) is 0 Å². The van der Waals surface area contributed by atoms with Gasteiger partial charge in [-0.3, -0.25) is 9.36 Å². The summed E-state index contributed by atoms with van der Waals surface area (Å²) >= 11 is 6.06. The summed E-state index contributed by atoms with van der Waals surface area (Å²) in [6.07, 6.45) is 4.90. The Balaban J connectivity index is 1.47. The van der Waals surface area contributed by atoms with E-state index in [0.29, 0.717) is 29.8 Å². The Morgan fingerprint density at radius 1 is 1.15 bits per heavy atom. The number of esters is 1. The molecule has 0 unspecified atom stereocenters. The molecule has 4 aromatic rings. The molecule has 8 heteroatoms. The number of aromatic nitrogens is 3. The lowest BCUT2D eigenvalue weighted by molar-refractivity contribution is -0.131. The van der Waals surface area contributed by atoms with Crippen molar-refractivity contribution in [3.05, 3.63) is 77.0 Å². The fourth-order valence-corrected chi connectivity index (χ4v) is 3.58. The van der Waals surface area contributed by atoms with Gasteiger partial charge >= 0.3 is 12.0 Å². The van der Waals surface area contributed by atoms with E-state index in [0.717, 1.165) is 40.6 Å². The third-order valence-corrected chi connectivity index (χ3v) is 5.30. The van der Waals surface area contributed by atoms with E-state index >= 15 is 0 Å². The Morgan fingerprint density at radius 3 is 2.61 bits per heavy atom. The highest BCUT2D eigenvalue weighted by molar-refractivity contribution is 6.30. The number of benzene rings is 2. The van der Waals surface area contributed by atoms with Crippen molar-refractivity contribution in [2.45, 2.75) is 33.6 Å². The second kappa shape index (κ2) is 9.92. The van der Waals surface area contributed by atoms with E-state index in [-0.39, 0.29) is 5.97 Å². The fraction of sp³-hybridized carbons (Fsp3) is 0.240. The second-order valence-electron chi connectivity index (χ2n) is 7.59. The van der Waals surface area contributed by atoms with Crippen molar-refractivity contribution in [3.8, 4) is 28.8 Å². The van der Waals surface area contributed by atoms with E-state index in [4.69, 9.17) is 30.5 Å². The number of imidazole rings is 1. The van der Waals surface area contributed by atoms with E-state index in [1.807, 2.05) is 48.9 Å². The highest BCUT2D eigenvalue weighted by Crippen LogP contribution is 2.29. The third-order valence-electron chi connectivity index (χ3n) is 5.05. The average Bonchev–Trinajstić information content (AvgIpc) is 3.38. The first-order valence-electron chi connectivity index (χ1n) is 10.6. The normalized spacial score (nSPS) is 10.9. The summed E-state index contributed by atoms with van der Waals surface area (Å²) in [7, 11) is 0. The van der Waals surface area contributed by atoms with Crippen molar-refractivity contribution in [1.29, 1.82) is 0 Å². The monoisotopic (exact) mass is 465 g/mol. The van der Waals surface area contributed by atoms with Gasteiger partial charge in [-0.15, -0.1) is 0 Å². The third kappa shape index (κ3) is 5.43. The Hall–Kier alpha value is -3.58. The van der Waals surface area contributed by atoms with Gasteiger partial charge in [-0.2, -0.15) is 4.98 Å². The Labute approximate surface area is 197 Å². The molecule has 170 valence electrons. The zero-order valence-electron chi connectivity index (χ0n) is 18.7. The first-order valence-corrected chi connectivity index (χ1v) is 11.0. The summed E-state index contributed by atoms with van der Waals surface area (Å²) < 4.78 is 19.0. The number of oxazole rings is 1. The smallest absolute Gasteiger partial charge is 0.308 e. The maximum Gasteiger partial charge on any atom is 0.308 e. The minimum Gasteiger partial charge on any atom is -0.493 e. The van der Waals surface area contributed by atoms with Gasteiger partial charge < -0.3 is 13.9 Å². The van der Waals surface area contributed by atoms with Gasteiger partial charge in [0.25, 0.3) is 0 Å². The van der Waals surface area contributed by atoms with Gasteiger partial charge in [0.05, 0.1) is 6.61 Å². The van der Waals surface area contributed by atoms with Crippen molar-refractivity contribution in [2.24, 2.45) is 0 Å². The average molecular weight is 466 g/mol. The van der Waals surface area contributed by atoms with Gasteiger partial charge in [0.15, 0.2) is 0 Å². The molecule has 0 atom stereocenters. The molecule has 0 amide bonds. The molecule has 7 nitrogen and oxygen atoms in total. The number of nitrogens with zero attached hydrogens (tertiary/aromatic N) is 3. The zero-order valence-corrected chi connectivity index (χ0v) is 19.4. The van der Waals surface area contributed by atoms with Crippen LogP contribution in [0.25, 0.3) is 17.3 Å². The second-order valence-corrected chi connectivity index (χ2v) is 8.03. The standard InChI is InChI=1S/C25H24ClN3O4/c1-16-15-21(32-18(3)30)10-11-22(16)31-14-4-5-23-24(19-6-8-20(26)9-7-19)28-25(33-23)29-13-12-27-17(29)2/h6-13,15H,4-5,14H2,1-3H3. The van der Waals surface area contributed by atoms with Crippen molar-refractivity contribution < 1.29 is 18.7 Å². The summed E-state index contributed by atoms with van der Waals surface area (Å²) in [4.78, 5) is 20.1. The lowest BCUT2D eigenvalue weighted by atomic mass is 10.1. The lowest BCUT2D eigenvalue weighted by Gasteiger charge is -2.10. The van der Waals surface area contributed by atoms with Gasteiger partial charge in [0.2, 0.25) is 0 Å². The predicted molar refractivity (Wildman–Crippen MR) is 125 cm³/mol. The maximum absolute atomic E-state index is 11.1. The van der Waals surface area contributed by atoms with Crippen molar-refractivity contribution >= 4 is 17.6 Å². The Kier molecular flexibility index (Phi) is 6.79. The Morgan fingerprint density at radius 2 is 1.94 bits per heavy atom. The van der Waals surface area contributed by atoms with Crippen LogP contribution in [0.3, 0.4) is 0 Å². The molecule has 0 saturated carbocycles. The molecule has 0 aliphatic rings. The first-order chi connectivity index (χ1) is 15.9. The van der Waals surface area contributed by atoms with Gasteiger partial charge in [-0.1, -0.05) is 23.7 Å². The van der Waals surface area contributed by atoms with E-state index in [2.05, 4.69) is 4.98 Å². The molecule has 0 fully saturated rings. The van der Waals surface area contributed by atoms with Crippen LogP contribution < -0.4 is 9.47 Å². The first kappa shape index (κ1) is 22.6. The minimum absolute atomic E-state index is 0.350. The topological polar surface area (TPSA) is 79.4 Å². The molecular formula is C25H24ClN3O4. The summed E-state index contributed by atoms with van der Waals surface area (Å²) in [5.74, 6) is 2.46. The number of rotatable bonds is 8. The summed E-state index contributed by atoms with van der Waals surface area (Å²) in [5, 5.41) is 0.665. The number of halogens is 1. The van der Waals surface area contributed by atoms with E-state index in [1.165, 1.54) is 6.92 Å². The molecule has 0 bridgehead atoms. The molecule has 0 saturated heterocycles. The highest BCUT2D eigenvalue weighted by Gasteiger charge is 2.17. The van der Waals surface area contributed by atoms with Crippen LogP contribution in [0.1, 0.15) is 30.5 Å². The molecular weight excluding hydrogens is 442 g/mol. The summed E-state index contributed by atoms with van der Waals surface area (Å²) in [6, 6.07) is 13.3. The zero-order chi connectivity index (χ0) is 23.4. The van der Waals surface area contributed by atoms with Crippen LogP contribution >= 0.6 is 11.6 Å². The van der Waals surface area contributed by atoms with Gasteiger partial charge in [0, 0.05) is 36.3 Å². The minimum atomic E-state index is -0.350. The van der Waals surface area contributed by atoms with E-state index in [9.17, 15) is 4.79 Å². The maximum atomic E-state index is 11.1. The van der Waals surface area contributed by atoms with Gasteiger partial charge in [0.1, 0.15) is 28.8 Å². The van der Waals surface area contributed by atoms with Crippen LogP contribution in [0, 0.1) is 13.8 Å². The number of ether oxygens (including phenoxy) is 2. The molecule has 0 spiro atoms. The van der Waals surface area contributed by atoms with E-state index in [1.54, 1.807) is 24.4 Å². The molecule has 2 heterocycles. The summed E-state index contributed by atoms with van der Waals surface area (Å²) in [5.41, 5.74) is 2.60. The van der Waals surface area contributed by atoms with Crippen molar-refractivity contribution in [2.75, 3.05) is 6.61 Å². The largest absolute Gasteiger partial charge is 0.493 e. The highest BCUT2D eigenvalue weighted by atomic mass is 35.5. The molecule has 0 aliphatic heterocycles. The molecule has 0 radical (unpaired) electrons. The number of carbonyl (C=O) groups excluding carboxylic acids is 1. The Bertz CT molecular complexity index is 1260. The van der Waals surface area contributed by atoms with Crippen LogP contribution in [-0.2, 0) is 11.2 Å². The van der Waals surface area contributed by atoms with Gasteiger partial charge in [-0.25, -0.2) is 4.98 Å². The number of hydrogen-bond acceptors (Lipinski definition) is 6. The quantitative estimate of drug-likeness (QED) is 0.188. The van der Waals surface area contributed by atoms with E-state index < -0.39 is 0 Å². The number of aryl methyl sites for hydroxylation is 3. The van der Waals surface area contributed by atoms with Crippen LogP contribution in [0.15, 0.2) is 59.3 Å². The lowest BCUT2D eigenvalue weighted by Crippen LogP contribution is -2.03. The molecule has 33 heavy (non-hydrogen) atoms. The molecule has 2 aromatic carbocycles. The number of carbonyl (C=O) groups is 1.